The third-order valence-electron chi connectivity index (χ3n) is 3.39. The van der Waals surface area contributed by atoms with Gasteiger partial charge >= 0.3 is 0 Å². The van der Waals surface area contributed by atoms with Crippen molar-refractivity contribution in [3.63, 3.8) is 0 Å². The van der Waals surface area contributed by atoms with Crippen molar-refractivity contribution < 1.29 is 4.74 Å². The van der Waals surface area contributed by atoms with E-state index in [4.69, 9.17) is 10.5 Å². The van der Waals surface area contributed by atoms with Crippen molar-refractivity contribution in [3.05, 3.63) is 11.9 Å². The monoisotopic (exact) mass is 238 g/mol. The van der Waals surface area contributed by atoms with Crippen molar-refractivity contribution in [1.82, 2.24) is 15.0 Å². The number of rotatable bonds is 6. The van der Waals surface area contributed by atoms with Gasteiger partial charge in [0.1, 0.15) is 0 Å². The minimum absolute atomic E-state index is 0.474. The smallest absolute Gasteiger partial charge is 0.0962 e. The zero-order valence-corrected chi connectivity index (χ0v) is 10.3. The Balaban J connectivity index is 1.59. The molecule has 1 saturated heterocycles. The van der Waals surface area contributed by atoms with Crippen LogP contribution in [-0.2, 0) is 17.8 Å². The summed E-state index contributed by atoms with van der Waals surface area (Å²) in [5.74, 6) is 0.874. The van der Waals surface area contributed by atoms with Crippen molar-refractivity contribution in [2.75, 3.05) is 13.2 Å². The third-order valence-corrected chi connectivity index (χ3v) is 3.39. The molecule has 1 aromatic rings. The van der Waals surface area contributed by atoms with Gasteiger partial charge < -0.3 is 10.5 Å². The van der Waals surface area contributed by atoms with Crippen molar-refractivity contribution >= 4 is 0 Å². The molecule has 0 aromatic carbocycles. The standard InChI is InChI=1S/C12H22N4O/c13-9-12-10-16(15-14-12)6-2-1-3-11-4-7-17-8-5-11/h10-11H,1-9,13H2. The maximum absolute atomic E-state index is 5.49. The first-order chi connectivity index (χ1) is 8.38. The Morgan fingerprint density at radius 1 is 1.35 bits per heavy atom. The van der Waals surface area contributed by atoms with Crippen LogP contribution >= 0.6 is 0 Å². The fourth-order valence-corrected chi connectivity index (χ4v) is 2.28. The van der Waals surface area contributed by atoms with Crippen molar-refractivity contribution in [3.8, 4) is 0 Å². The lowest BCUT2D eigenvalue weighted by atomic mass is 9.94. The second kappa shape index (κ2) is 6.71. The van der Waals surface area contributed by atoms with Gasteiger partial charge in [-0.2, -0.15) is 0 Å². The summed E-state index contributed by atoms with van der Waals surface area (Å²) in [6.45, 7) is 3.33. The largest absolute Gasteiger partial charge is 0.381 e. The van der Waals surface area contributed by atoms with Gasteiger partial charge in [-0.1, -0.05) is 18.1 Å². The number of nitrogens with zero attached hydrogens (tertiary/aromatic N) is 3. The first kappa shape index (κ1) is 12.5. The van der Waals surface area contributed by atoms with Gasteiger partial charge in [0.25, 0.3) is 0 Å². The number of hydrogen-bond donors (Lipinski definition) is 1. The molecule has 5 nitrogen and oxygen atoms in total. The van der Waals surface area contributed by atoms with Crippen LogP contribution in [0.3, 0.4) is 0 Å². The lowest BCUT2D eigenvalue weighted by molar-refractivity contribution is 0.0630. The van der Waals surface area contributed by atoms with Crippen LogP contribution in [0.15, 0.2) is 6.20 Å². The molecule has 0 amide bonds. The van der Waals surface area contributed by atoms with Gasteiger partial charge in [-0.15, -0.1) is 5.10 Å². The van der Waals surface area contributed by atoms with E-state index in [1.54, 1.807) is 0 Å². The molecule has 0 bridgehead atoms. The average Bonchev–Trinajstić information content (AvgIpc) is 2.84. The summed E-state index contributed by atoms with van der Waals surface area (Å²) >= 11 is 0. The highest BCUT2D eigenvalue weighted by atomic mass is 16.5. The molecule has 0 spiro atoms. The fraction of sp³-hybridized carbons (Fsp3) is 0.833. The number of aryl methyl sites for hydroxylation is 1. The van der Waals surface area contributed by atoms with Gasteiger partial charge in [0.2, 0.25) is 0 Å². The quantitative estimate of drug-likeness (QED) is 0.759. The van der Waals surface area contributed by atoms with E-state index in [-0.39, 0.29) is 0 Å². The Bertz CT molecular complexity index is 320. The first-order valence-electron chi connectivity index (χ1n) is 6.55. The lowest BCUT2D eigenvalue weighted by Gasteiger charge is -2.21. The summed E-state index contributed by atoms with van der Waals surface area (Å²) in [5.41, 5.74) is 6.36. The Morgan fingerprint density at radius 3 is 2.88 bits per heavy atom. The molecule has 2 heterocycles. The molecule has 17 heavy (non-hydrogen) atoms. The van der Waals surface area contributed by atoms with E-state index < -0.39 is 0 Å². The molecule has 0 aliphatic carbocycles. The minimum Gasteiger partial charge on any atom is -0.381 e. The summed E-state index contributed by atoms with van der Waals surface area (Å²) in [7, 11) is 0. The molecule has 2 N–H and O–H groups in total. The van der Waals surface area contributed by atoms with Gasteiger partial charge in [-0.3, -0.25) is 4.68 Å². The van der Waals surface area contributed by atoms with Crippen LogP contribution in [0.2, 0.25) is 0 Å². The lowest BCUT2D eigenvalue weighted by Crippen LogP contribution is -2.15. The highest BCUT2D eigenvalue weighted by Gasteiger charge is 2.12. The molecule has 0 saturated carbocycles. The van der Waals surface area contributed by atoms with Crippen LogP contribution in [0.25, 0.3) is 0 Å². The Kier molecular flexibility index (Phi) is 4.94. The number of unbranched alkanes of at least 4 members (excludes halogenated alkanes) is 1. The van der Waals surface area contributed by atoms with E-state index in [0.29, 0.717) is 6.54 Å². The molecule has 1 aromatic heterocycles. The van der Waals surface area contributed by atoms with Gasteiger partial charge in [0.15, 0.2) is 0 Å². The van der Waals surface area contributed by atoms with E-state index in [0.717, 1.165) is 31.4 Å². The van der Waals surface area contributed by atoms with E-state index >= 15 is 0 Å². The second-order valence-corrected chi connectivity index (χ2v) is 4.73. The van der Waals surface area contributed by atoms with Crippen molar-refractivity contribution in [2.24, 2.45) is 11.7 Å². The van der Waals surface area contributed by atoms with Crippen molar-refractivity contribution in [1.29, 1.82) is 0 Å². The van der Waals surface area contributed by atoms with Crippen LogP contribution in [0.4, 0.5) is 0 Å². The summed E-state index contributed by atoms with van der Waals surface area (Å²) in [4.78, 5) is 0. The van der Waals surface area contributed by atoms with E-state index in [1.807, 2.05) is 10.9 Å². The topological polar surface area (TPSA) is 66.0 Å². The molecule has 2 rings (SSSR count). The van der Waals surface area contributed by atoms with Crippen LogP contribution in [0.1, 0.15) is 37.8 Å². The summed E-state index contributed by atoms with van der Waals surface area (Å²) in [6, 6.07) is 0. The molecule has 5 heteroatoms. The normalized spacial score (nSPS) is 17.5. The van der Waals surface area contributed by atoms with E-state index in [9.17, 15) is 0 Å². The Morgan fingerprint density at radius 2 is 2.18 bits per heavy atom. The maximum Gasteiger partial charge on any atom is 0.0962 e. The fourth-order valence-electron chi connectivity index (χ4n) is 2.28. The van der Waals surface area contributed by atoms with Gasteiger partial charge in [0, 0.05) is 32.5 Å². The summed E-state index contributed by atoms with van der Waals surface area (Å²) in [5, 5.41) is 8.01. The molecular formula is C12H22N4O. The van der Waals surface area contributed by atoms with E-state index in [1.165, 1.54) is 32.1 Å². The van der Waals surface area contributed by atoms with Crippen LogP contribution in [-0.4, -0.2) is 28.2 Å². The molecule has 0 radical (unpaired) electrons. The average molecular weight is 238 g/mol. The number of hydrogen-bond acceptors (Lipinski definition) is 4. The molecule has 1 aliphatic heterocycles. The highest BCUT2D eigenvalue weighted by Crippen LogP contribution is 2.20. The molecule has 1 aliphatic rings. The van der Waals surface area contributed by atoms with Crippen LogP contribution in [0, 0.1) is 5.92 Å². The number of aromatic nitrogens is 3. The second-order valence-electron chi connectivity index (χ2n) is 4.73. The molecule has 96 valence electrons. The van der Waals surface area contributed by atoms with Crippen LogP contribution < -0.4 is 5.73 Å². The molecule has 0 atom stereocenters. The SMILES string of the molecule is NCc1cn(CCCCC2CCOCC2)nn1. The number of nitrogens with two attached hydrogens (primary N) is 1. The molecule has 0 unspecified atom stereocenters. The Labute approximate surface area is 102 Å². The summed E-state index contributed by atoms with van der Waals surface area (Å²) in [6.07, 6.45) is 8.17. The predicted molar refractivity (Wildman–Crippen MR) is 65.3 cm³/mol. The maximum atomic E-state index is 5.49. The molecular weight excluding hydrogens is 216 g/mol. The zero-order chi connectivity index (χ0) is 11.9. The number of ether oxygens (including phenoxy) is 1. The van der Waals surface area contributed by atoms with Crippen molar-refractivity contribution in [2.45, 2.75) is 45.2 Å². The van der Waals surface area contributed by atoms with Crippen LogP contribution in [0.5, 0.6) is 0 Å². The Hall–Kier alpha value is -0.940. The van der Waals surface area contributed by atoms with E-state index in [2.05, 4.69) is 10.3 Å². The van der Waals surface area contributed by atoms with Gasteiger partial charge in [-0.05, 0) is 25.2 Å². The predicted octanol–water partition coefficient (Wildman–Crippen LogP) is 1.33. The van der Waals surface area contributed by atoms with Gasteiger partial charge in [0.05, 0.1) is 5.69 Å². The zero-order valence-electron chi connectivity index (χ0n) is 10.3. The minimum atomic E-state index is 0.474. The van der Waals surface area contributed by atoms with Gasteiger partial charge in [-0.25, -0.2) is 0 Å². The highest BCUT2D eigenvalue weighted by molar-refractivity contribution is 4.90. The summed E-state index contributed by atoms with van der Waals surface area (Å²) < 4.78 is 7.25. The molecule has 1 fully saturated rings. The third kappa shape index (κ3) is 4.09. The first-order valence-corrected chi connectivity index (χ1v) is 6.55.